The molecule has 0 bridgehead atoms. The fourth-order valence-corrected chi connectivity index (χ4v) is 1.47. The summed E-state index contributed by atoms with van der Waals surface area (Å²) in [5.41, 5.74) is 0.296. The predicted molar refractivity (Wildman–Crippen MR) is 55.9 cm³/mol. The Morgan fingerprint density at radius 2 is 2.25 bits per heavy atom. The lowest BCUT2D eigenvalue weighted by atomic mass is 10.1. The zero-order valence-electron chi connectivity index (χ0n) is 8.47. The second-order valence-corrected chi connectivity index (χ2v) is 3.25. The molecule has 0 saturated heterocycles. The molecule has 16 heavy (non-hydrogen) atoms. The SMILES string of the molecule is Cc1c(C(=O)O)ccnc1-n1[nH]ccc1=O. The Kier molecular flexibility index (Phi) is 2.32. The minimum absolute atomic E-state index is 0.131. The fraction of sp³-hybridized carbons (Fsp3) is 0.100. The molecule has 0 aliphatic rings. The van der Waals surface area contributed by atoms with Crippen LogP contribution >= 0.6 is 0 Å². The molecular formula is C10H9N3O3. The molecule has 6 nitrogen and oxygen atoms in total. The molecule has 2 aromatic heterocycles. The summed E-state index contributed by atoms with van der Waals surface area (Å²) in [6, 6.07) is 2.74. The highest BCUT2D eigenvalue weighted by molar-refractivity contribution is 5.89. The second-order valence-electron chi connectivity index (χ2n) is 3.25. The van der Waals surface area contributed by atoms with Crippen LogP contribution in [-0.2, 0) is 0 Å². The van der Waals surface area contributed by atoms with E-state index in [1.165, 1.54) is 29.2 Å². The van der Waals surface area contributed by atoms with E-state index in [9.17, 15) is 9.59 Å². The number of aromatic nitrogens is 3. The Hall–Kier alpha value is -2.37. The van der Waals surface area contributed by atoms with Gasteiger partial charge in [-0.2, -0.15) is 0 Å². The van der Waals surface area contributed by atoms with Crippen LogP contribution < -0.4 is 5.56 Å². The molecule has 2 N–H and O–H groups in total. The molecule has 0 radical (unpaired) electrons. The van der Waals surface area contributed by atoms with Crippen LogP contribution in [0.15, 0.2) is 29.3 Å². The van der Waals surface area contributed by atoms with E-state index >= 15 is 0 Å². The Morgan fingerprint density at radius 3 is 2.81 bits per heavy atom. The van der Waals surface area contributed by atoms with Gasteiger partial charge in [0.1, 0.15) is 0 Å². The van der Waals surface area contributed by atoms with Gasteiger partial charge in [-0.1, -0.05) is 0 Å². The van der Waals surface area contributed by atoms with E-state index in [1.807, 2.05) is 0 Å². The molecule has 0 unspecified atom stereocenters. The molecule has 0 saturated carbocycles. The van der Waals surface area contributed by atoms with Crippen molar-refractivity contribution in [3.05, 3.63) is 46.0 Å². The van der Waals surface area contributed by atoms with Crippen LogP contribution in [0.3, 0.4) is 0 Å². The molecule has 0 aliphatic carbocycles. The summed E-state index contributed by atoms with van der Waals surface area (Å²) in [5.74, 6) is -0.740. The average Bonchev–Trinajstić information content (AvgIpc) is 2.64. The van der Waals surface area contributed by atoms with Gasteiger partial charge in [0, 0.05) is 24.0 Å². The third-order valence-corrected chi connectivity index (χ3v) is 2.27. The first-order chi connectivity index (χ1) is 7.61. The van der Waals surface area contributed by atoms with Crippen LogP contribution in [0.1, 0.15) is 15.9 Å². The molecule has 82 valence electrons. The average molecular weight is 219 g/mol. The van der Waals surface area contributed by atoms with Crippen LogP contribution in [0, 0.1) is 6.92 Å². The summed E-state index contributed by atoms with van der Waals surface area (Å²) in [5, 5.41) is 11.6. The number of hydrogen-bond acceptors (Lipinski definition) is 3. The third kappa shape index (κ3) is 1.50. The maximum atomic E-state index is 11.4. The number of nitrogens with one attached hydrogen (secondary N) is 1. The van der Waals surface area contributed by atoms with Gasteiger partial charge in [-0.3, -0.25) is 9.89 Å². The maximum Gasteiger partial charge on any atom is 0.336 e. The standard InChI is InChI=1S/C10H9N3O3/c1-6-7(10(15)16)2-4-11-9(6)13-8(14)3-5-12-13/h2-5,12H,1H3,(H,15,16). The summed E-state index contributed by atoms with van der Waals surface area (Å²) >= 11 is 0. The molecule has 6 heteroatoms. The molecule has 2 aromatic rings. The van der Waals surface area contributed by atoms with E-state index in [1.54, 1.807) is 6.92 Å². The first kappa shape index (κ1) is 10.2. The van der Waals surface area contributed by atoms with E-state index in [2.05, 4.69) is 10.1 Å². The molecule has 0 aliphatic heterocycles. The second kappa shape index (κ2) is 3.65. The Morgan fingerprint density at radius 1 is 1.50 bits per heavy atom. The molecule has 0 atom stereocenters. The molecule has 0 aromatic carbocycles. The summed E-state index contributed by atoms with van der Waals surface area (Å²) < 4.78 is 1.20. The maximum absolute atomic E-state index is 11.4. The van der Waals surface area contributed by atoms with Crippen molar-refractivity contribution in [3.63, 3.8) is 0 Å². The van der Waals surface area contributed by atoms with Crippen molar-refractivity contribution in [1.82, 2.24) is 14.8 Å². The van der Waals surface area contributed by atoms with E-state index in [0.29, 0.717) is 11.4 Å². The van der Waals surface area contributed by atoms with Crippen LogP contribution in [0.4, 0.5) is 0 Å². The lowest BCUT2D eigenvalue weighted by molar-refractivity contribution is 0.0696. The number of rotatable bonds is 2. The number of H-pyrrole nitrogens is 1. The van der Waals surface area contributed by atoms with Crippen molar-refractivity contribution >= 4 is 5.97 Å². The summed E-state index contributed by atoms with van der Waals surface area (Å²) in [6.07, 6.45) is 2.83. The van der Waals surface area contributed by atoms with Gasteiger partial charge in [0.25, 0.3) is 5.56 Å². The summed E-state index contributed by atoms with van der Waals surface area (Å²) in [6.45, 7) is 1.61. The van der Waals surface area contributed by atoms with Gasteiger partial charge in [-0.15, -0.1) is 0 Å². The molecule has 0 spiro atoms. The highest BCUT2D eigenvalue weighted by Gasteiger charge is 2.13. The van der Waals surface area contributed by atoms with Crippen molar-refractivity contribution in [2.75, 3.05) is 0 Å². The molecule has 0 amide bonds. The number of pyridine rings is 1. The molecule has 2 rings (SSSR count). The smallest absolute Gasteiger partial charge is 0.336 e. The number of nitrogens with zero attached hydrogens (tertiary/aromatic N) is 2. The number of carboxylic acids is 1. The Balaban J connectivity index is 2.68. The molecular weight excluding hydrogens is 210 g/mol. The third-order valence-electron chi connectivity index (χ3n) is 2.27. The number of aromatic carboxylic acids is 1. The van der Waals surface area contributed by atoms with Gasteiger partial charge < -0.3 is 5.11 Å². The fourth-order valence-electron chi connectivity index (χ4n) is 1.47. The van der Waals surface area contributed by atoms with Crippen LogP contribution in [0.5, 0.6) is 0 Å². The van der Waals surface area contributed by atoms with Crippen LogP contribution in [0.25, 0.3) is 5.82 Å². The van der Waals surface area contributed by atoms with Gasteiger partial charge in [0.05, 0.1) is 5.56 Å². The Bertz CT molecular complexity index is 597. The van der Waals surface area contributed by atoms with Crippen molar-refractivity contribution in [2.45, 2.75) is 6.92 Å². The highest BCUT2D eigenvalue weighted by atomic mass is 16.4. The van der Waals surface area contributed by atoms with E-state index in [0.717, 1.165) is 0 Å². The monoisotopic (exact) mass is 219 g/mol. The van der Waals surface area contributed by atoms with Crippen molar-refractivity contribution in [2.24, 2.45) is 0 Å². The highest BCUT2D eigenvalue weighted by Crippen LogP contribution is 2.13. The minimum Gasteiger partial charge on any atom is -0.478 e. The topological polar surface area (TPSA) is 88.0 Å². The lowest BCUT2D eigenvalue weighted by Crippen LogP contribution is -2.17. The zero-order valence-corrected chi connectivity index (χ0v) is 8.47. The number of carbonyl (C=O) groups is 1. The molecule has 2 heterocycles. The van der Waals surface area contributed by atoms with E-state index < -0.39 is 5.97 Å². The van der Waals surface area contributed by atoms with Crippen molar-refractivity contribution in [3.8, 4) is 5.82 Å². The minimum atomic E-state index is -1.04. The first-order valence-corrected chi connectivity index (χ1v) is 4.57. The van der Waals surface area contributed by atoms with Gasteiger partial charge in [-0.05, 0) is 13.0 Å². The summed E-state index contributed by atoms with van der Waals surface area (Å²) in [7, 11) is 0. The normalized spacial score (nSPS) is 10.3. The quantitative estimate of drug-likeness (QED) is 0.772. The van der Waals surface area contributed by atoms with Crippen molar-refractivity contribution < 1.29 is 9.90 Å². The van der Waals surface area contributed by atoms with E-state index in [4.69, 9.17) is 5.11 Å². The molecule has 0 fully saturated rings. The largest absolute Gasteiger partial charge is 0.478 e. The predicted octanol–water partition coefficient (Wildman–Crippen LogP) is 0.567. The van der Waals surface area contributed by atoms with Gasteiger partial charge in [-0.25, -0.2) is 14.5 Å². The number of hydrogen-bond donors (Lipinski definition) is 2. The van der Waals surface area contributed by atoms with Crippen molar-refractivity contribution in [1.29, 1.82) is 0 Å². The lowest BCUT2D eigenvalue weighted by Gasteiger charge is -2.06. The van der Waals surface area contributed by atoms with Crippen LogP contribution in [-0.4, -0.2) is 25.8 Å². The van der Waals surface area contributed by atoms with Gasteiger partial charge >= 0.3 is 5.97 Å². The summed E-state index contributed by atoms with van der Waals surface area (Å²) in [4.78, 5) is 26.3. The van der Waals surface area contributed by atoms with E-state index in [-0.39, 0.29) is 11.1 Å². The Labute approximate surface area is 90.2 Å². The zero-order chi connectivity index (χ0) is 11.7. The van der Waals surface area contributed by atoms with Crippen LogP contribution in [0.2, 0.25) is 0 Å². The van der Waals surface area contributed by atoms with Gasteiger partial charge in [0.15, 0.2) is 5.82 Å². The number of aromatic amines is 1. The number of carboxylic acid groups (broad SMARTS) is 1. The first-order valence-electron chi connectivity index (χ1n) is 4.57. The van der Waals surface area contributed by atoms with Gasteiger partial charge in [0.2, 0.25) is 0 Å².